The van der Waals surface area contributed by atoms with Gasteiger partial charge in [0, 0.05) is 12.1 Å². The predicted molar refractivity (Wildman–Crippen MR) is 68.0 cm³/mol. The first kappa shape index (κ1) is 14.7. The van der Waals surface area contributed by atoms with Gasteiger partial charge in [-0.1, -0.05) is 24.3 Å². The summed E-state index contributed by atoms with van der Waals surface area (Å²) in [6.07, 6.45) is 1.51. The van der Waals surface area contributed by atoms with E-state index in [4.69, 9.17) is 5.11 Å². The van der Waals surface area contributed by atoms with Crippen molar-refractivity contribution in [2.75, 3.05) is 0 Å². The second-order valence-corrected chi connectivity index (χ2v) is 3.83. The fourth-order valence-corrected chi connectivity index (χ4v) is 1.41. The summed E-state index contributed by atoms with van der Waals surface area (Å²) in [5.74, 6) is -1.58. The summed E-state index contributed by atoms with van der Waals surface area (Å²) in [6.45, 7) is 3.40. The molecule has 0 bridgehead atoms. The average molecular weight is 266 g/mol. The molecule has 0 aliphatic rings. The molecule has 0 spiro atoms. The lowest BCUT2D eigenvalue weighted by molar-refractivity contribution is -0.139. The first-order valence-electron chi connectivity index (χ1n) is 5.66. The van der Waals surface area contributed by atoms with Crippen molar-refractivity contribution in [3.63, 3.8) is 0 Å². The summed E-state index contributed by atoms with van der Waals surface area (Å²) in [5.41, 5.74) is 0.327. The van der Waals surface area contributed by atoms with Crippen LogP contribution in [0.3, 0.4) is 0 Å². The van der Waals surface area contributed by atoms with Gasteiger partial charge in [0.15, 0.2) is 0 Å². The summed E-state index contributed by atoms with van der Waals surface area (Å²) in [5, 5.41) is 13.5. The second-order valence-electron chi connectivity index (χ2n) is 3.83. The maximum absolute atomic E-state index is 13.3. The highest BCUT2D eigenvalue weighted by Gasteiger charge is 2.17. The van der Waals surface area contributed by atoms with Crippen molar-refractivity contribution in [3.8, 4) is 0 Å². The van der Waals surface area contributed by atoms with Crippen LogP contribution in [0.5, 0.6) is 0 Å². The predicted octanol–water partition coefficient (Wildman–Crippen LogP) is 1.65. The molecule has 5 nitrogen and oxygen atoms in total. The summed E-state index contributed by atoms with van der Waals surface area (Å²) in [7, 11) is 0. The van der Waals surface area contributed by atoms with Gasteiger partial charge in [0.1, 0.15) is 11.9 Å². The minimum atomic E-state index is -1.15. The zero-order valence-electron chi connectivity index (χ0n) is 10.2. The van der Waals surface area contributed by atoms with E-state index in [-0.39, 0.29) is 13.0 Å². The lowest BCUT2D eigenvalue weighted by atomic mass is 10.2. The zero-order chi connectivity index (χ0) is 14.3. The highest BCUT2D eigenvalue weighted by atomic mass is 19.1. The van der Waals surface area contributed by atoms with Gasteiger partial charge in [0.25, 0.3) is 0 Å². The topological polar surface area (TPSA) is 78.4 Å². The fourth-order valence-electron chi connectivity index (χ4n) is 1.41. The van der Waals surface area contributed by atoms with E-state index in [1.807, 2.05) is 0 Å². The van der Waals surface area contributed by atoms with Crippen LogP contribution in [-0.2, 0) is 11.3 Å². The molecule has 0 aliphatic heterocycles. The first-order valence-corrected chi connectivity index (χ1v) is 5.66. The number of carbonyl (C=O) groups excluding carboxylic acids is 1. The number of benzene rings is 1. The zero-order valence-corrected chi connectivity index (χ0v) is 10.2. The Hall–Kier alpha value is -2.37. The van der Waals surface area contributed by atoms with Crippen LogP contribution in [0.1, 0.15) is 12.0 Å². The van der Waals surface area contributed by atoms with E-state index in [0.717, 1.165) is 0 Å². The molecule has 0 aliphatic carbocycles. The highest BCUT2D eigenvalue weighted by Crippen LogP contribution is 2.05. The molecule has 2 amide bonds. The number of urea groups is 1. The minimum Gasteiger partial charge on any atom is -0.480 e. The van der Waals surface area contributed by atoms with Gasteiger partial charge in [-0.2, -0.15) is 0 Å². The smallest absolute Gasteiger partial charge is 0.326 e. The van der Waals surface area contributed by atoms with Crippen LogP contribution in [0.4, 0.5) is 9.18 Å². The van der Waals surface area contributed by atoms with Crippen molar-refractivity contribution in [1.29, 1.82) is 0 Å². The van der Waals surface area contributed by atoms with E-state index in [1.54, 1.807) is 12.1 Å². The Morgan fingerprint density at radius 3 is 2.68 bits per heavy atom. The van der Waals surface area contributed by atoms with Crippen LogP contribution >= 0.6 is 0 Å². The molecular formula is C13H15FN2O3. The molecule has 0 saturated heterocycles. The van der Waals surface area contributed by atoms with E-state index >= 15 is 0 Å². The second kappa shape index (κ2) is 7.15. The lowest BCUT2D eigenvalue weighted by Crippen LogP contribution is -2.45. The summed E-state index contributed by atoms with van der Waals surface area (Å²) >= 11 is 0. The van der Waals surface area contributed by atoms with Crippen molar-refractivity contribution in [3.05, 3.63) is 48.3 Å². The number of rotatable bonds is 6. The molecule has 0 heterocycles. The van der Waals surface area contributed by atoms with Crippen molar-refractivity contribution >= 4 is 12.0 Å². The van der Waals surface area contributed by atoms with Crippen LogP contribution in [-0.4, -0.2) is 23.1 Å². The summed E-state index contributed by atoms with van der Waals surface area (Å²) < 4.78 is 13.3. The summed E-state index contributed by atoms with van der Waals surface area (Å²) in [4.78, 5) is 22.3. The minimum absolute atomic E-state index is 0.0149. The van der Waals surface area contributed by atoms with Gasteiger partial charge in [0.2, 0.25) is 0 Å². The van der Waals surface area contributed by atoms with Crippen LogP contribution in [0.25, 0.3) is 0 Å². The number of amides is 2. The molecule has 1 rings (SSSR count). The van der Waals surface area contributed by atoms with Crippen molar-refractivity contribution in [2.24, 2.45) is 0 Å². The molecule has 0 radical (unpaired) electrons. The molecule has 1 aromatic rings. The Balaban J connectivity index is 2.49. The van der Waals surface area contributed by atoms with E-state index in [0.29, 0.717) is 5.56 Å². The number of hydrogen-bond acceptors (Lipinski definition) is 2. The van der Waals surface area contributed by atoms with Gasteiger partial charge in [-0.05, 0) is 12.5 Å². The Morgan fingerprint density at radius 1 is 1.42 bits per heavy atom. The van der Waals surface area contributed by atoms with Gasteiger partial charge in [-0.25, -0.2) is 14.0 Å². The van der Waals surface area contributed by atoms with Gasteiger partial charge in [-0.15, -0.1) is 6.58 Å². The molecule has 1 unspecified atom stereocenters. The van der Waals surface area contributed by atoms with Crippen molar-refractivity contribution < 1.29 is 19.1 Å². The Bertz CT molecular complexity index is 477. The van der Waals surface area contributed by atoms with Crippen LogP contribution in [0.15, 0.2) is 36.9 Å². The van der Waals surface area contributed by atoms with Crippen LogP contribution in [0, 0.1) is 5.82 Å². The van der Waals surface area contributed by atoms with Crippen molar-refractivity contribution in [1.82, 2.24) is 10.6 Å². The molecule has 0 aromatic heterocycles. The number of carbonyl (C=O) groups is 2. The molecule has 0 fully saturated rings. The number of hydrogen-bond donors (Lipinski definition) is 3. The van der Waals surface area contributed by atoms with Gasteiger partial charge < -0.3 is 15.7 Å². The largest absolute Gasteiger partial charge is 0.480 e. The SMILES string of the molecule is C=CCC(NC(=O)NCc1ccccc1F)C(=O)O. The number of carboxylic acids is 1. The van der Waals surface area contributed by atoms with E-state index < -0.39 is 23.9 Å². The molecule has 19 heavy (non-hydrogen) atoms. The van der Waals surface area contributed by atoms with Gasteiger partial charge in [-0.3, -0.25) is 0 Å². The number of nitrogens with one attached hydrogen (secondary N) is 2. The Kier molecular flexibility index (Phi) is 5.53. The monoisotopic (exact) mass is 266 g/mol. The summed E-state index contributed by atoms with van der Waals surface area (Å²) in [6, 6.07) is 4.30. The normalized spacial score (nSPS) is 11.4. The molecule has 1 aromatic carbocycles. The number of halogens is 1. The van der Waals surface area contributed by atoms with Gasteiger partial charge >= 0.3 is 12.0 Å². The highest BCUT2D eigenvalue weighted by molar-refractivity contribution is 5.82. The lowest BCUT2D eigenvalue weighted by Gasteiger charge is -2.13. The third-order valence-electron chi connectivity index (χ3n) is 2.40. The average Bonchev–Trinajstić information content (AvgIpc) is 2.37. The molecule has 102 valence electrons. The van der Waals surface area contributed by atoms with Crippen LogP contribution in [0.2, 0.25) is 0 Å². The molecule has 6 heteroatoms. The molecular weight excluding hydrogens is 251 g/mol. The molecule has 3 N–H and O–H groups in total. The molecule has 1 atom stereocenters. The number of aliphatic carboxylic acids is 1. The van der Waals surface area contributed by atoms with E-state index in [1.165, 1.54) is 18.2 Å². The number of carboxylic acid groups (broad SMARTS) is 1. The van der Waals surface area contributed by atoms with Crippen LogP contribution < -0.4 is 10.6 Å². The Labute approximate surface area is 110 Å². The first-order chi connectivity index (χ1) is 9.04. The van der Waals surface area contributed by atoms with E-state index in [9.17, 15) is 14.0 Å². The third kappa shape index (κ3) is 4.79. The maximum atomic E-state index is 13.3. The molecule has 0 saturated carbocycles. The van der Waals surface area contributed by atoms with Gasteiger partial charge in [0.05, 0.1) is 0 Å². The third-order valence-corrected chi connectivity index (χ3v) is 2.40. The quantitative estimate of drug-likeness (QED) is 0.685. The standard InChI is InChI=1S/C13H15FN2O3/c1-2-5-11(12(17)18)16-13(19)15-8-9-6-3-4-7-10(9)14/h2-4,6-7,11H,1,5,8H2,(H,17,18)(H2,15,16,19). The maximum Gasteiger partial charge on any atom is 0.326 e. The fraction of sp³-hybridized carbons (Fsp3) is 0.231. The van der Waals surface area contributed by atoms with Crippen molar-refractivity contribution in [2.45, 2.75) is 19.0 Å². The Morgan fingerprint density at radius 2 is 2.11 bits per heavy atom. The van der Waals surface area contributed by atoms with E-state index in [2.05, 4.69) is 17.2 Å².